The van der Waals surface area contributed by atoms with Crippen LogP contribution in [-0.2, 0) is 0 Å². The van der Waals surface area contributed by atoms with Crippen LogP contribution in [0.25, 0.3) is 0 Å². The number of rotatable bonds is 11. The van der Waals surface area contributed by atoms with Gasteiger partial charge in [-0.05, 0) is 37.2 Å². The molecule has 0 aliphatic heterocycles. The smallest absolute Gasteiger partial charge is 0.0431 e. The summed E-state index contributed by atoms with van der Waals surface area (Å²) in [5.41, 5.74) is 0. The van der Waals surface area contributed by atoms with Gasteiger partial charge in [0.25, 0.3) is 0 Å². The Hall–Kier alpha value is 0.620. The van der Waals surface area contributed by atoms with Crippen molar-refractivity contribution in [2.75, 3.05) is 36.2 Å². The van der Waals surface area contributed by atoms with Crippen LogP contribution in [0.2, 0.25) is 0 Å². The van der Waals surface area contributed by atoms with Gasteiger partial charge in [0, 0.05) is 24.7 Å². The summed E-state index contributed by atoms with van der Waals surface area (Å²) in [5.74, 6) is 4.79. The molecule has 0 aliphatic carbocycles. The highest BCUT2D eigenvalue weighted by Gasteiger charge is 1.92. The van der Waals surface area contributed by atoms with Gasteiger partial charge in [-0.15, -0.1) is 0 Å². The number of hydrogen-bond acceptors (Lipinski definition) is 4. The minimum Gasteiger partial charge on any atom is -0.396 e. The Bertz CT molecular complexity index is 90.1. The van der Waals surface area contributed by atoms with E-state index >= 15 is 0 Å². The molecule has 4 heteroatoms. The number of aliphatic hydroxyl groups excluding tert-OH is 2. The van der Waals surface area contributed by atoms with Crippen molar-refractivity contribution in [2.24, 2.45) is 0 Å². The number of aliphatic hydroxyl groups is 2. The van der Waals surface area contributed by atoms with Crippen molar-refractivity contribution in [1.82, 2.24) is 0 Å². The predicted molar refractivity (Wildman–Crippen MR) is 67.3 cm³/mol. The average molecular weight is 238 g/mol. The number of hydrogen-bond donors (Lipinski definition) is 2. The standard InChI is InChI=1S/C10H22O2S2/c11-5-1-3-7-13-9-10-14-8-4-2-6-12/h11-12H,1-10H2. The van der Waals surface area contributed by atoms with Crippen LogP contribution in [0.5, 0.6) is 0 Å². The van der Waals surface area contributed by atoms with Crippen molar-refractivity contribution in [3.05, 3.63) is 0 Å². The van der Waals surface area contributed by atoms with Crippen molar-refractivity contribution in [3.63, 3.8) is 0 Å². The molecule has 0 aromatic rings. The third kappa shape index (κ3) is 12.6. The average Bonchev–Trinajstić information content (AvgIpc) is 2.21. The quantitative estimate of drug-likeness (QED) is 0.540. The molecule has 86 valence electrons. The highest BCUT2D eigenvalue weighted by Crippen LogP contribution is 2.10. The molecule has 0 unspecified atom stereocenters. The first-order chi connectivity index (χ1) is 6.91. The molecule has 0 radical (unpaired) electrons. The van der Waals surface area contributed by atoms with Gasteiger partial charge in [0.05, 0.1) is 0 Å². The van der Waals surface area contributed by atoms with Crippen molar-refractivity contribution >= 4 is 23.5 Å². The van der Waals surface area contributed by atoms with Gasteiger partial charge in [-0.2, -0.15) is 23.5 Å². The zero-order valence-corrected chi connectivity index (χ0v) is 10.4. The molecule has 0 amide bonds. The SMILES string of the molecule is OCCCCSCCSCCCCO. The van der Waals surface area contributed by atoms with Gasteiger partial charge < -0.3 is 10.2 Å². The van der Waals surface area contributed by atoms with Crippen LogP contribution in [0.3, 0.4) is 0 Å². The summed E-state index contributed by atoms with van der Waals surface area (Å²) in [4.78, 5) is 0. The molecule has 0 aliphatic rings. The fourth-order valence-corrected chi connectivity index (χ4v) is 3.12. The lowest BCUT2D eigenvalue weighted by Crippen LogP contribution is -1.91. The maximum atomic E-state index is 8.56. The molecule has 0 rings (SSSR count). The fourth-order valence-electron chi connectivity index (χ4n) is 0.954. The third-order valence-electron chi connectivity index (χ3n) is 1.77. The summed E-state index contributed by atoms with van der Waals surface area (Å²) in [6.07, 6.45) is 4.15. The summed E-state index contributed by atoms with van der Waals surface area (Å²) >= 11 is 3.95. The van der Waals surface area contributed by atoms with Gasteiger partial charge in [-0.1, -0.05) is 0 Å². The van der Waals surface area contributed by atoms with Gasteiger partial charge in [-0.3, -0.25) is 0 Å². The first-order valence-corrected chi connectivity index (χ1v) is 7.60. The summed E-state index contributed by atoms with van der Waals surface area (Å²) < 4.78 is 0. The van der Waals surface area contributed by atoms with E-state index in [9.17, 15) is 0 Å². The van der Waals surface area contributed by atoms with Crippen molar-refractivity contribution < 1.29 is 10.2 Å². The Morgan fingerprint density at radius 3 is 1.36 bits per heavy atom. The highest BCUT2D eigenvalue weighted by atomic mass is 32.2. The van der Waals surface area contributed by atoms with E-state index in [0.717, 1.165) is 25.7 Å². The topological polar surface area (TPSA) is 40.5 Å². The number of thioether (sulfide) groups is 2. The minimum absolute atomic E-state index is 0.330. The first-order valence-electron chi connectivity index (χ1n) is 5.29. The zero-order valence-electron chi connectivity index (χ0n) is 8.78. The molecule has 0 fully saturated rings. The molecule has 0 saturated heterocycles. The monoisotopic (exact) mass is 238 g/mol. The van der Waals surface area contributed by atoms with Crippen LogP contribution >= 0.6 is 23.5 Å². The molecule has 0 atom stereocenters. The summed E-state index contributed by atoms with van der Waals surface area (Å²) in [7, 11) is 0. The van der Waals surface area contributed by atoms with E-state index in [0.29, 0.717) is 13.2 Å². The lowest BCUT2D eigenvalue weighted by molar-refractivity contribution is 0.287. The second kappa shape index (κ2) is 13.6. The van der Waals surface area contributed by atoms with Crippen molar-refractivity contribution in [2.45, 2.75) is 25.7 Å². The van der Waals surface area contributed by atoms with Crippen LogP contribution < -0.4 is 0 Å². The predicted octanol–water partition coefficient (Wildman–Crippen LogP) is 2.00. The van der Waals surface area contributed by atoms with E-state index in [1.807, 2.05) is 23.5 Å². The zero-order chi connectivity index (χ0) is 10.5. The normalized spacial score (nSPS) is 10.7. The Kier molecular flexibility index (Phi) is 14.2. The summed E-state index contributed by atoms with van der Waals surface area (Å²) in [5, 5.41) is 17.1. The van der Waals surface area contributed by atoms with Gasteiger partial charge in [0.1, 0.15) is 0 Å². The van der Waals surface area contributed by atoms with Crippen LogP contribution in [0.15, 0.2) is 0 Å². The van der Waals surface area contributed by atoms with Crippen LogP contribution in [-0.4, -0.2) is 46.4 Å². The van der Waals surface area contributed by atoms with E-state index in [1.54, 1.807) is 0 Å². The molecule has 0 spiro atoms. The summed E-state index contributed by atoms with van der Waals surface area (Å²) in [6, 6.07) is 0. The van der Waals surface area contributed by atoms with E-state index in [1.165, 1.54) is 23.0 Å². The van der Waals surface area contributed by atoms with E-state index < -0.39 is 0 Å². The Morgan fingerprint density at radius 1 is 0.571 bits per heavy atom. The van der Waals surface area contributed by atoms with Crippen LogP contribution in [0, 0.1) is 0 Å². The van der Waals surface area contributed by atoms with Crippen molar-refractivity contribution in [1.29, 1.82) is 0 Å². The Morgan fingerprint density at radius 2 is 1.00 bits per heavy atom. The van der Waals surface area contributed by atoms with Gasteiger partial charge in [0.2, 0.25) is 0 Å². The summed E-state index contributed by atoms with van der Waals surface area (Å²) in [6.45, 7) is 0.660. The maximum absolute atomic E-state index is 8.56. The lowest BCUT2D eigenvalue weighted by atomic mass is 10.4. The van der Waals surface area contributed by atoms with E-state index in [4.69, 9.17) is 10.2 Å². The molecule has 14 heavy (non-hydrogen) atoms. The molecule has 0 heterocycles. The van der Waals surface area contributed by atoms with Crippen LogP contribution in [0.1, 0.15) is 25.7 Å². The van der Waals surface area contributed by atoms with Crippen LogP contribution in [0.4, 0.5) is 0 Å². The largest absolute Gasteiger partial charge is 0.396 e. The second-order valence-electron chi connectivity index (χ2n) is 3.09. The van der Waals surface area contributed by atoms with Gasteiger partial charge in [0.15, 0.2) is 0 Å². The van der Waals surface area contributed by atoms with Gasteiger partial charge in [-0.25, -0.2) is 0 Å². The molecule has 0 aromatic heterocycles. The van der Waals surface area contributed by atoms with E-state index in [2.05, 4.69) is 0 Å². The molecular formula is C10H22O2S2. The van der Waals surface area contributed by atoms with E-state index in [-0.39, 0.29) is 0 Å². The molecule has 0 bridgehead atoms. The van der Waals surface area contributed by atoms with Gasteiger partial charge >= 0.3 is 0 Å². The highest BCUT2D eigenvalue weighted by molar-refractivity contribution is 8.02. The minimum atomic E-state index is 0.330. The second-order valence-corrected chi connectivity index (χ2v) is 5.54. The Balaban J connectivity index is 2.78. The molecule has 0 saturated carbocycles. The third-order valence-corrected chi connectivity index (χ3v) is 4.16. The first kappa shape index (κ1) is 14.6. The molecule has 2 nitrogen and oxygen atoms in total. The fraction of sp³-hybridized carbons (Fsp3) is 1.00. The van der Waals surface area contributed by atoms with Crippen molar-refractivity contribution in [3.8, 4) is 0 Å². The molecule has 2 N–H and O–H groups in total. The molecule has 0 aromatic carbocycles. The number of unbranched alkanes of at least 4 members (excludes halogenated alkanes) is 2. The molecular weight excluding hydrogens is 216 g/mol. The Labute approximate surface area is 95.9 Å². The maximum Gasteiger partial charge on any atom is 0.0431 e. The lowest BCUT2D eigenvalue weighted by Gasteiger charge is -2.01.